The average molecular weight is 2090 g/mol. The summed E-state index contributed by atoms with van der Waals surface area (Å²) >= 11 is 29.4. The molecular weight excluding hydrogens is 2040 g/mol. The second-order valence-corrected chi connectivity index (χ2v) is 24.5. The normalized spacial score (nSPS) is 9.99. The molecule has 3 nitrogen and oxygen atoms in total. The van der Waals surface area contributed by atoms with Gasteiger partial charge in [0.15, 0.2) is 75.6 Å². The van der Waals surface area contributed by atoms with Gasteiger partial charge in [0.1, 0.15) is 11.6 Å². The quantitative estimate of drug-likeness (QED) is 0.0466. The third-order valence-corrected chi connectivity index (χ3v) is 26.4. The maximum absolute atomic E-state index is 13.5. The van der Waals surface area contributed by atoms with Gasteiger partial charge in [-0.2, -0.15) is 8.78 Å². The fourth-order valence-electron chi connectivity index (χ4n) is 5.36. The molecule has 8 aromatic rings. The molecule has 0 aliphatic carbocycles. The number of phenolic OH excluding ortho intramolecular Hbond substituents is 2. The van der Waals surface area contributed by atoms with Crippen molar-refractivity contribution < 1.29 is 80.5 Å². The largest absolute Gasteiger partial charge is 0.508 e. The number of hydrogen-bond acceptors (Lipinski definition) is 3. The van der Waals surface area contributed by atoms with Gasteiger partial charge in [0.25, 0.3) is 0 Å². The fourth-order valence-corrected chi connectivity index (χ4v) is 13.6. The molecule has 0 unspecified atom stereocenters. The predicted molar refractivity (Wildman–Crippen MR) is 358 cm³/mol. The first kappa shape index (κ1) is 82.3. The number of rotatable bonds is 0. The molecule has 0 atom stereocenters. The minimum Gasteiger partial charge on any atom is -0.508 e. The van der Waals surface area contributed by atoms with Crippen LogP contribution in [0.2, 0.25) is 0 Å². The van der Waals surface area contributed by atoms with Crippen LogP contribution in [0, 0.1) is 146 Å². The highest BCUT2D eigenvalue weighted by molar-refractivity contribution is 14.1. The summed E-state index contributed by atoms with van der Waals surface area (Å²) in [4.78, 5) is 0. The minimum atomic E-state index is -2.33. The molecule has 460 valence electrons. The molecule has 0 amide bonds. The van der Waals surface area contributed by atoms with E-state index in [-0.39, 0.29) is 0 Å². The van der Waals surface area contributed by atoms with Crippen LogP contribution in [0.1, 0.15) is 55.5 Å². The lowest BCUT2D eigenvalue weighted by atomic mass is 10.0. The first-order valence-corrected chi connectivity index (χ1v) is 32.1. The van der Waals surface area contributed by atoms with Crippen LogP contribution in [-0.4, -0.2) is 10.2 Å². The number of fused-ring (bicyclic) bond motifs is 1. The number of benzene rings is 8. The first-order chi connectivity index (χ1) is 38.9. The highest BCUT2D eigenvalue weighted by Crippen LogP contribution is 2.44. The number of nitrogens with two attached hydrogens (primary N) is 1. The van der Waals surface area contributed by atoms with Crippen molar-refractivity contribution in [3.05, 3.63) is 222 Å². The Balaban J connectivity index is 0.000000963. The molecule has 0 bridgehead atoms. The summed E-state index contributed by atoms with van der Waals surface area (Å²) in [5, 5.41) is 14.0. The van der Waals surface area contributed by atoms with E-state index < -0.39 is 126 Å². The summed E-state index contributed by atoms with van der Waals surface area (Å²) in [6.45, 7) is 14.7. The molecule has 0 radical (unpaired) electrons. The Morgan fingerprint density at radius 1 is 0.298 bits per heavy atom. The van der Waals surface area contributed by atoms with E-state index in [0.717, 1.165) is 54.4 Å². The standard InChI is InChI=1S/C11H3F7.C7H3Br5.C7H3F5.C7H4F4O.C7H3I5.C6H7N.C6H6O.2C2H6/c1-2-5(12)3-4(7(14)6(2)13)9(16)11(18)10(17)8(3)15;4*1-2-3(8)5(10)7(12)6(11)4(2)9;2*7-6-4-2-1-3-5-6;2*1-2/h1H3;2*1H3;12H,1H3;1H3;1-5H,7H2;1-5,7H;2*1-2H3. The lowest BCUT2D eigenvalue weighted by molar-refractivity contribution is 0.353. The second-order valence-electron chi connectivity index (χ2n) is 15.1. The summed E-state index contributed by atoms with van der Waals surface area (Å²) in [5.41, 5.74) is 6.14. The first-order valence-electron chi connectivity index (χ1n) is 22.7. The summed E-state index contributed by atoms with van der Waals surface area (Å²) in [7, 11) is 0. The lowest BCUT2D eigenvalue weighted by Gasteiger charge is -2.09. The van der Waals surface area contributed by atoms with Gasteiger partial charge in [-0.3, -0.25) is 0 Å². The molecule has 0 aliphatic heterocycles. The minimum absolute atomic E-state index is 0.322. The van der Waals surface area contributed by atoms with Crippen molar-refractivity contribution in [2.75, 3.05) is 5.73 Å². The Morgan fingerprint density at radius 2 is 0.536 bits per heavy atom. The second kappa shape index (κ2) is 38.8. The van der Waals surface area contributed by atoms with Gasteiger partial charge < -0.3 is 15.9 Å². The van der Waals surface area contributed by atoms with Gasteiger partial charge in [-0.05, 0) is 263 Å². The Hall–Kier alpha value is -1.65. The number of phenols is 2. The van der Waals surface area contributed by atoms with E-state index in [1.807, 2.05) is 71.0 Å². The summed E-state index contributed by atoms with van der Waals surface area (Å²) in [6.07, 6.45) is 0. The molecule has 0 saturated carbocycles. The van der Waals surface area contributed by atoms with E-state index >= 15 is 0 Å². The number of aromatic hydroxyl groups is 2. The van der Waals surface area contributed by atoms with Crippen molar-refractivity contribution in [3.8, 4) is 11.5 Å². The van der Waals surface area contributed by atoms with Crippen molar-refractivity contribution >= 4 is 209 Å². The van der Waals surface area contributed by atoms with Crippen molar-refractivity contribution in [1.29, 1.82) is 0 Å². The average Bonchev–Trinajstić information content (AvgIpc) is 2.12. The van der Waals surface area contributed by atoms with Gasteiger partial charge in [-0.1, -0.05) is 64.1 Å². The van der Waals surface area contributed by atoms with Crippen molar-refractivity contribution in [2.45, 2.75) is 62.3 Å². The summed E-state index contributed by atoms with van der Waals surface area (Å²) in [5.74, 6) is -31.9. The van der Waals surface area contributed by atoms with Crippen molar-refractivity contribution in [2.24, 2.45) is 0 Å². The molecule has 0 saturated heterocycles. The van der Waals surface area contributed by atoms with Crippen LogP contribution in [0.15, 0.2) is 83.0 Å². The van der Waals surface area contributed by atoms with Gasteiger partial charge >= 0.3 is 0 Å². The van der Waals surface area contributed by atoms with E-state index in [1.54, 1.807) is 24.3 Å². The van der Waals surface area contributed by atoms with E-state index in [2.05, 4.69) is 200 Å². The van der Waals surface area contributed by atoms with Gasteiger partial charge in [0.2, 0.25) is 17.5 Å². The molecule has 0 heterocycles. The number of para-hydroxylation sites is 2. The molecule has 0 aliphatic rings. The molecule has 29 heteroatoms. The number of anilines is 1. The Morgan fingerprint density at radius 3 is 0.845 bits per heavy atom. The SMILES string of the molecule is CC.CC.Cc1c(Br)c(Br)c(Br)c(Br)c1Br.Cc1c(F)c(F)c(F)c(F)c1F.Cc1c(F)c(F)c(O)c(F)c1F.Cc1c(F)c(F)c2c(F)c(F)c(F)c(F)c2c1F.Cc1c(I)c(I)c(I)c(I)c1I.Nc1ccccc1.Oc1ccccc1. The molecule has 0 fully saturated rings. The van der Waals surface area contributed by atoms with Crippen LogP contribution in [0.25, 0.3) is 10.8 Å². The smallest absolute Gasteiger partial charge is 0.203 e. The van der Waals surface area contributed by atoms with Gasteiger partial charge in [-0.25, -0.2) is 61.5 Å². The van der Waals surface area contributed by atoms with Gasteiger partial charge in [-0.15, -0.1) is 0 Å². The third-order valence-electron chi connectivity index (χ3n) is 9.86. The van der Waals surface area contributed by atoms with Crippen LogP contribution in [0.5, 0.6) is 11.5 Å². The van der Waals surface area contributed by atoms with Crippen LogP contribution in [0.3, 0.4) is 0 Å². The van der Waals surface area contributed by atoms with E-state index in [4.69, 9.17) is 15.9 Å². The highest BCUT2D eigenvalue weighted by atomic mass is 127. The maximum Gasteiger partial charge on any atom is 0.203 e. The van der Waals surface area contributed by atoms with Crippen LogP contribution in [0.4, 0.5) is 75.9 Å². The zero-order valence-corrected chi connectivity index (χ0v) is 62.8. The van der Waals surface area contributed by atoms with Crippen LogP contribution in [-0.2, 0) is 0 Å². The zero-order chi connectivity index (χ0) is 65.9. The van der Waals surface area contributed by atoms with Crippen LogP contribution < -0.4 is 5.73 Å². The zero-order valence-electron chi connectivity index (χ0n) is 44.1. The maximum atomic E-state index is 13.5. The topological polar surface area (TPSA) is 66.5 Å². The summed E-state index contributed by atoms with van der Waals surface area (Å²) in [6, 6.07) is 18.2. The predicted octanol–water partition coefficient (Wildman–Crippen LogP) is 24.6. The van der Waals surface area contributed by atoms with Gasteiger partial charge in [0, 0.05) is 62.6 Å². The number of nitrogen functional groups attached to an aromatic ring is 1. The molecule has 8 rings (SSSR count). The number of hydrogen-bond donors (Lipinski definition) is 3. The summed E-state index contributed by atoms with van der Waals surface area (Å²) < 4.78 is 216. The lowest BCUT2D eigenvalue weighted by Crippen LogP contribution is -2.05. The van der Waals surface area contributed by atoms with Gasteiger partial charge in [0.05, 0.1) is 10.8 Å². The fraction of sp³-hybridized carbons (Fsp3) is 0.164. The molecule has 8 aromatic carbocycles. The monoisotopic (exact) mass is 2080 g/mol. The Labute approximate surface area is 583 Å². The number of halogens is 26. The Bertz CT molecular complexity index is 2740. The molecular formula is C55H41Br5F16I5NO2. The molecule has 0 aromatic heterocycles. The Kier molecular flexibility index (Phi) is 38.0. The molecule has 0 spiro atoms. The van der Waals surface area contributed by atoms with E-state index in [0.29, 0.717) is 5.75 Å². The van der Waals surface area contributed by atoms with Crippen molar-refractivity contribution in [1.82, 2.24) is 0 Å². The molecule has 4 N–H and O–H groups in total. The van der Waals surface area contributed by atoms with E-state index in [1.165, 1.54) is 23.4 Å². The van der Waals surface area contributed by atoms with E-state index in [9.17, 15) is 70.2 Å². The third kappa shape index (κ3) is 21.2. The van der Waals surface area contributed by atoms with Crippen LogP contribution >= 0.6 is 193 Å². The van der Waals surface area contributed by atoms with Crippen molar-refractivity contribution in [3.63, 3.8) is 0 Å². The molecule has 84 heavy (non-hydrogen) atoms. The highest BCUT2D eigenvalue weighted by Gasteiger charge is 2.29.